The summed E-state index contributed by atoms with van der Waals surface area (Å²) < 4.78 is 10.8. The number of hydrogen-bond acceptors (Lipinski definition) is 5. The highest BCUT2D eigenvalue weighted by molar-refractivity contribution is 5.68. The Morgan fingerprint density at radius 1 is 1.45 bits per heavy atom. The molecule has 0 saturated carbocycles. The van der Waals surface area contributed by atoms with Gasteiger partial charge >= 0.3 is 5.97 Å². The lowest BCUT2D eigenvalue weighted by Gasteiger charge is -2.26. The van der Waals surface area contributed by atoms with Crippen molar-refractivity contribution in [3.63, 3.8) is 0 Å². The Morgan fingerprint density at radius 2 is 2.10 bits per heavy atom. The first-order chi connectivity index (χ1) is 9.43. The van der Waals surface area contributed by atoms with Gasteiger partial charge in [0.15, 0.2) is 5.79 Å². The highest BCUT2D eigenvalue weighted by Crippen LogP contribution is 2.33. The largest absolute Gasteiger partial charge is 0.481 e. The maximum Gasteiger partial charge on any atom is 0.308 e. The van der Waals surface area contributed by atoms with E-state index in [1.807, 2.05) is 0 Å². The Hall–Kier alpha value is -1.99. The van der Waals surface area contributed by atoms with E-state index in [0.717, 1.165) is 0 Å². The topological polar surface area (TPSA) is 98.9 Å². The van der Waals surface area contributed by atoms with E-state index >= 15 is 0 Å². The molecule has 1 aromatic carbocycles. The third-order valence-corrected chi connectivity index (χ3v) is 3.26. The molecule has 0 aliphatic carbocycles. The summed E-state index contributed by atoms with van der Waals surface area (Å²) in [7, 11) is 0. The van der Waals surface area contributed by atoms with Gasteiger partial charge in [0.25, 0.3) is 5.69 Å². The van der Waals surface area contributed by atoms with Crippen LogP contribution in [-0.2, 0) is 20.7 Å². The van der Waals surface area contributed by atoms with Crippen LogP contribution in [0.1, 0.15) is 17.5 Å². The number of carboxylic acid groups (broad SMARTS) is 1. The second-order valence-corrected chi connectivity index (χ2v) is 4.68. The van der Waals surface area contributed by atoms with Crippen LogP contribution in [0, 0.1) is 17.0 Å². The average Bonchev–Trinajstić information content (AvgIpc) is 2.79. The summed E-state index contributed by atoms with van der Waals surface area (Å²) in [5.41, 5.74) is 1.11. The van der Waals surface area contributed by atoms with Crippen molar-refractivity contribution in [1.82, 2.24) is 0 Å². The Morgan fingerprint density at radius 3 is 2.65 bits per heavy atom. The highest BCUT2D eigenvalue weighted by Gasteiger charge is 2.41. The van der Waals surface area contributed by atoms with Gasteiger partial charge in [0, 0.05) is 18.1 Å². The van der Waals surface area contributed by atoms with Gasteiger partial charge in [0.1, 0.15) is 0 Å². The molecule has 0 aromatic heterocycles. The van der Waals surface area contributed by atoms with E-state index in [1.165, 1.54) is 6.07 Å². The number of carboxylic acids is 1. The quantitative estimate of drug-likeness (QED) is 0.651. The van der Waals surface area contributed by atoms with Crippen molar-refractivity contribution < 1.29 is 24.3 Å². The van der Waals surface area contributed by atoms with Crippen molar-refractivity contribution in [2.45, 2.75) is 25.6 Å². The standard InChI is InChI=1S/C13H15NO6/c1-9-3-2-4-11(14(17)18)10(9)7-13(8-12(15)16)19-5-6-20-13/h2-4H,5-8H2,1H3,(H,15,16). The molecular formula is C13H15NO6. The van der Waals surface area contributed by atoms with Crippen molar-refractivity contribution in [3.8, 4) is 0 Å². The fourth-order valence-corrected chi connectivity index (χ4v) is 2.35. The molecule has 20 heavy (non-hydrogen) atoms. The minimum Gasteiger partial charge on any atom is -0.481 e. The Kier molecular flexibility index (Phi) is 4.01. The fraction of sp³-hybridized carbons (Fsp3) is 0.462. The Balaban J connectivity index is 2.36. The molecule has 1 aliphatic heterocycles. The van der Waals surface area contributed by atoms with Crippen LogP contribution in [0.25, 0.3) is 0 Å². The monoisotopic (exact) mass is 281 g/mol. The van der Waals surface area contributed by atoms with E-state index < -0.39 is 16.7 Å². The van der Waals surface area contributed by atoms with Gasteiger partial charge in [-0.2, -0.15) is 0 Å². The molecule has 2 rings (SSSR count). The molecule has 1 aliphatic rings. The summed E-state index contributed by atoms with van der Waals surface area (Å²) in [4.78, 5) is 21.6. The summed E-state index contributed by atoms with van der Waals surface area (Å²) in [6, 6.07) is 4.73. The number of hydrogen-bond donors (Lipinski definition) is 1. The van der Waals surface area contributed by atoms with Crippen molar-refractivity contribution in [1.29, 1.82) is 0 Å². The van der Waals surface area contributed by atoms with Gasteiger partial charge in [-0.15, -0.1) is 0 Å². The second kappa shape index (κ2) is 5.56. The summed E-state index contributed by atoms with van der Waals surface area (Å²) in [5, 5.41) is 20.1. The van der Waals surface area contributed by atoms with Crippen LogP contribution in [-0.4, -0.2) is 35.0 Å². The first-order valence-corrected chi connectivity index (χ1v) is 6.16. The molecule has 1 saturated heterocycles. The van der Waals surface area contributed by atoms with Gasteiger partial charge in [-0.3, -0.25) is 14.9 Å². The molecule has 7 heteroatoms. The minimum absolute atomic E-state index is 0.0439. The maximum absolute atomic E-state index is 11.1. The maximum atomic E-state index is 11.1. The van der Waals surface area contributed by atoms with Crippen LogP contribution in [0.15, 0.2) is 18.2 Å². The molecule has 0 amide bonds. The zero-order chi connectivity index (χ0) is 14.8. The van der Waals surface area contributed by atoms with Gasteiger partial charge in [0.2, 0.25) is 0 Å². The first-order valence-electron chi connectivity index (χ1n) is 6.16. The van der Waals surface area contributed by atoms with Crippen LogP contribution in [0.5, 0.6) is 0 Å². The molecular weight excluding hydrogens is 266 g/mol. The predicted molar refractivity (Wildman–Crippen MR) is 68.4 cm³/mol. The van der Waals surface area contributed by atoms with E-state index in [4.69, 9.17) is 14.6 Å². The molecule has 0 atom stereocenters. The number of nitro groups is 1. The van der Waals surface area contributed by atoms with Crippen molar-refractivity contribution >= 4 is 11.7 Å². The molecule has 108 valence electrons. The molecule has 1 N–H and O–H groups in total. The number of nitro benzene ring substituents is 1. The smallest absolute Gasteiger partial charge is 0.308 e. The number of rotatable bonds is 5. The molecule has 0 bridgehead atoms. The molecule has 0 radical (unpaired) electrons. The van der Waals surface area contributed by atoms with Gasteiger partial charge < -0.3 is 14.6 Å². The summed E-state index contributed by atoms with van der Waals surface area (Å²) >= 11 is 0. The molecule has 0 unspecified atom stereocenters. The van der Waals surface area contributed by atoms with Gasteiger partial charge in [-0.05, 0) is 12.5 Å². The molecule has 1 aromatic rings. The van der Waals surface area contributed by atoms with Crippen LogP contribution in [0.3, 0.4) is 0 Å². The first kappa shape index (κ1) is 14.4. The zero-order valence-electron chi connectivity index (χ0n) is 11.0. The van der Waals surface area contributed by atoms with E-state index in [-0.39, 0.29) is 31.7 Å². The van der Waals surface area contributed by atoms with Crippen molar-refractivity contribution in [2.24, 2.45) is 0 Å². The van der Waals surface area contributed by atoms with Crippen molar-refractivity contribution in [3.05, 3.63) is 39.4 Å². The number of aryl methyl sites for hydroxylation is 1. The number of benzene rings is 1. The molecule has 7 nitrogen and oxygen atoms in total. The summed E-state index contributed by atoms with van der Waals surface area (Å²) in [6.45, 7) is 2.31. The van der Waals surface area contributed by atoms with E-state index in [2.05, 4.69) is 0 Å². The van der Waals surface area contributed by atoms with E-state index in [9.17, 15) is 14.9 Å². The SMILES string of the molecule is Cc1cccc([N+](=O)[O-])c1CC1(CC(=O)O)OCCO1. The zero-order valence-corrected chi connectivity index (χ0v) is 11.0. The lowest BCUT2D eigenvalue weighted by Crippen LogP contribution is -2.36. The number of ether oxygens (including phenoxy) is 2. The van der Waals surface area contributed by atoms with Crippen LogP contribution in [0.2, 0.25) is 0 Å². The van der Waals surface area contributed by atoms with Crippen LogP contribution in [0.4, 0.5) is 5.69 Å². The van der Waals surface area contributed by atoms with E-state index in [1.54, 1.807) is 19.1 Å². The Labute approximate surface area is 115 Å². The predicted octanol–water partition coefficient (Wildman–Crippen LogP) is 1.66. The minimum atomic E-state index is -1.32. The lowest BCUT2D eigenvalue weighted by molar-refractivity contribution is -0.386. The van der Waals surface area contributed by atoms with E-state index in [0.29, 0.717) is 11.1 Å². The second-order valence-electron chi connectivity index (χ2n) is 4.68. The number of aliphatic carboxylic acids is 1. The number of nitrogens with zero attached hydrogens (tertiary/aromatic N) is 1. The fourth-order valence-electron chi connectivity index (χ4n) is 2.35. The summed E-state index contributed by atoms with van der Waals surface area (Å²) in [6.07, 6.45) is -0.305. The third-order valence-electron chi connectivity index (χ3n) is 3.26. The average molecular weight is 281 g/mol. The molecule has 1 heterocycles. The Bertz CT molecular complexity index is 536. The summed E-state index contributed by atoms with van der Waals surface area (Å²) in [5.74, 6) is -2.38. The lowest BCUT2D eigenvalue weighted by atomic mass is 9.96. The molecule has 0 spiro atoms. The third kappa shape index (κ3) is 2.94. The number of carbonyl (C=O) groups is 1. The highest BCUT2D eigenvalue weighted by atomic mass is 16.7. The molecule has 1 fully saturated rings. The van der Waals surface area contributed by atoms with Gasteiger partial charge in [-0.1, -0.05) is 12.1 Å². The van der Waals surface area contributed by atoms with Crippen molar-refractivity contribution in [2.75, 3.05) is 13.2 Å². The normalized spacial score (nSPS) is 17.1. The van der Waals surface area contributed by atoms with Gasteiger partial charge in [-0.25, -0.2) is 0 Å². The van der Waals surface area contributed by atoms with Crippen LogP contribution < -0.4 is 0 Å². The van der Waals surface area contributed by atoms with Crippen LogP contribution >= 0.6 is 0 Å². The van der Waals surface area contributed by atoms with Gasteiger partial charge in [0.05, 0.1) is 24.6 Å².